The maximum Gasteiger partial charge on any atom is 0.254 e. The molecule has 0 atom stereocenters. The van der Waals surface area contributed by atoms with E-state index in [1.807, 2.05) is 0 Å². The third-order valence-corrected chi connectivity index (χ3v) is 2.50. The largest absolute Gasteiger partial charge is 0.358 e. The quantitative estimate of drug-likeness (QED) is 0.874. The molecule has 2 N–H and O–H groups in total. The minimum atomic E-state index is -0.642. The molecule has 1 aromatic carbocycles. The molecule has 6 heteroatoms. The third kappa shape index (κ3) is 3.03. The summed E-state index contributed by atoms with van der Waals surface area (Å²) >= 11 is 2.97. The van der Waals surface area contributed by atoms with Crippen LogP contribution in [0.3, 0.4) is 0 Å². The zero-order chi connectivity index (χ0) is 12.1. The van der Waals surface area contributed by atoms with Crippen LogP contribution < -0.4 is 10.6 Å². The topological polar surface area (TPSA) is 58.2 Å². The van der Waals surface area contributed by atoms with Crippen LogP contribution in [0, 0.1) is 5.82 Å². The standard InChI is InChI=1S/C10H10BrFN2O2/c1-13-8(15)5-14-10(16)6-3-2-4-7(11)9(6)12/h2-4H,5H2,1H3,(H,13,15)(H,14,16). The van der Waals surface area contributed by atoms with Crippen molar-refractivity contribution >= 4 is 27.7 Å². The van der Waals surface area contributed by atoms with Gasteiger partial charge in [0.15, 0.2) is 0 Å². The van der Waals surface area contributed by atoms with E-state index in [2.05, 4.69) is 26.6 Å². The fourth-order valence-corrected chi connectivity index (χ4v) is 1.39. The lowest BCUT2D eigenvalue weighted by Gasteiger charge is -2.05. The van der Waals surface area contributed by atoms with E-state index < -0.39 is 11.7 Å². The molecule has 0 fully saturated rings. The summed E-state index contributed by atoms with van der Waals surface area (Å²) in [5.74, 6) is -1.61. The summed E-state index contributed by atoms with van der Waals surface area (Å²) < 4.78 is 13.7. The normalized spacial score (nSPS) is 9.69. The molecule has 0 saturated heterocycles. The summed E-state index contributed by atoms with van der Waals surface area (Å²) in [5.41, 5.74) is -0.0988. The predicted molar refractivity (Wildman–Crippen MR) is 60.5 cm³/mol. The van der Waals surface area contributed by atoms with Gasteiger partial charge in [-0.25, -0.2) is 4.39 Å². The Hall–Kier alpha value is -1.43. The average molecular weight is 289 g/mol. The van der Waals surface area contributed by atoms with Gasteiger partial charge >= 0.3 is 0 Å². The van der Waals surface area contributed by atoms with Crippen LogP contribution in [0.2, 0.25) is 0 Å². The van der Waals surface area contributed by atoms with Crippen molar-refractivity contribution in [2.75, 3.05) is 13.6 Å². The lowest BCUT2D eigenvalue weighted by atomic mass is 10.2. The van der Waals surface area contributed by atoms with Gasteiger partial charge in [0.25, 0.3) is 5.91 Å². The van der Waals surface area contributed by atoms with Gasteiger partial charge in [0.05, 0.1) is 16.6 Å². The van der Waals surface area contributed by atoms with Crippen molar-refractivity contribution in [2.45, 2.75) is 0 Å². The Kier molecular flexibility index (Phi) is 4.42. The molecule has 0 radical (unpaired) electrons. The number of carbonyl (C=O) groups excluding carboxylic acids is 2. The highest BCUT2D eigenvalue weighted by Crippen LogP contribution is 2.18. The van der Waals surface area contributed by atoms with Crippen molar-refractivity contribution in [3.05, 3.63) is 34.1 Å². The number of halogens is 2. The minimum absolute atomic E-state index is 0.0988. The number of hydrogen-bond acceptors (Lipinski definition) is 2. The number of nitrogens with one attached hydrogen (secondary N) is 2. The van der Waals surface area contributed by atoms with Gasteiger partial charge in [-0.15, -0.1) is 0 Å². The molecule has 16 heavy (non-hydrogen) atoms. The van der Waals surface area contributed by atoms with Crippen LogP contribution in [0.4, 0.5) is 4.39 Å². The van der Waals surface area contributed by atoms with E-state index in [4.69, 9.17) is 0 Å². The van der Waals surface area contributed by atoms with Gasteiger partial charge in [0.2, 0.25) is 5.91 Å². The summed E-state index contributed by atoms with van der Waals surface area (Å²) in [7, 11) is 1.45. The van der Waals surface area contributed by atoms with Gasteiger partial charge in [0, 0.05) is 7.05 Å². The molecule has 4 nitrogen and oxygen atoms in total. The maximum absolute atomic E-state index is 13.5. The molecule has 0 aliphatic heterocycles. The second-order valence-corrected chi connectivity index (χ2v) is 3.81. The van der Waals surface area contributed by atoms with E-state index in [1.165, 1.54) is 19.2 Å². The van der Waals surface area contributed by atoms with E-state index in [0.29, 0.717) is 0 Å². The van der Waals surface area contributed by atoms with Gasteiger partial charge in [0.1, 0.15) is 5.82 Å². The average Bonchev–Trinajstić information content (AvgIpc) is 2.29. The number of benzene rings is 1. The zero-order valence-corrected chi connectivity index (χ0v) is 10.1. The first-order chi connectivity index (χ1) is 7.56. The molecule has 0 aliphatic carbocycles. The molecule has 2 amide bonds. The first-order valence-electron chi connectivity index (χ1n) is 4.49. The number of likely N-dealkylation sites (N-methyl/N-ethyl adjacent to an activating group) is 1. The van der Waals surface area contributed by atoms with Crippen LogP contribution in [0.25, 0.3) is 0 Å². The highest BCUT2D eigenvalue weighted by atomic mass is 79.9. The van der Waals surface area contributed by atoms with E-state index in [-0.39, 0.29) is 22.5 Å². The number of carbonyl (C=O) groups is 2. The second-order valence-electron chi connectivity index (χ2n) is 2.96. The highest BCUT2D eigenvalue weighted by Gasteiger charge is 2.13. The molecule has 0 aliphatic rings. The highest BCUT2D eigenvalue weighted by molar-refractivity contribution is 9.10. The molecule has 0 spiro atoms. The van der Waals surface area contributed by atoms with Crippen molar-refractivity contribution in [3.63, 3.8) is 0 Å². The number of amides is 2. The van der Waals surface area contributed by atoms with Crippen LogP contribution in [-0.4, -0.2) is 25.4 Å². The number of rotatable bonds is 3. The van der Waals surface area contributed by atoms with Crippen molar-refractivity contribution in [3.8, 4) is 0 Å². The van der Waals surface area contributed by atoms with Crippen LogP contribution >= 0.6 is 15.9 Å². The number of hydrogen-bond donors (Lipinski definition) is 2. The van der Waals surface area contributed by atoms with Crippen LogP contribution in [-0.2, 0) is 4.79 Å². The molecule has 86 valence electrons. The molecule has 1 rings (SSSR count). The van der Waals surface area contributed by atoms with Crippen molar-refractivity contribution < 1.29 is 14.0 Å². The SMILES string of the molecule is CNC(=O)CNC(=O)c1cccc(Br)c1F. The lowest BCUT2D eigenvalue weighted by molar-refractivity contribution is -0.119. The van der Waals surface area contributed by atoms with Gasteiger partial charge in [-0.3, -0.25) is 9.59 Å². The van der Waals surface area contributed by atoms with E-state index in [9.17, 15) is 14.0 Å². The van der Waals surface area contributed by atoms with E-state index in [0.717, 1.165) is 0 Å². The molecular weight excluding hydrogens is 279 g/mol. The molecule has 0 aromatic heterocycles. The molecule has 0 unspecified atom stereocenters. The van der Waals surface area contributed by atoms with Crippen molar-refractivity contribution in [2.24, 2.45) is 0 Å². The van der Waals surface area contributed by atoms with Crippen LogP contribution in [0.1, 0.15) is 10.4 Å². The second kappa shape index (κ2) is 5.60. The first kappa shape index (κ1) is 12.6. The predicted octanol–water partition coefficient (Wildman–Crippen LogP) is 1.06. The fourth-order valence-electron chi connectivity index (χ4n) is 1.02. The van der Waals surface area contributed by atoms with Crippen molar-refractivity contribution in [1.82, 2.24) is 10.6 Å². The van der Waals surface area contributed by atoms with Crippen LogP contribution in [0.15, 0.2) is 22.7 Å². The third-order valence-electron chi connectivity index (χ3n) is 1.88. The molecule has 0 heterocycles. The Bertz CT molecular complexity index is 423. The van der Waals surface area contributed by atoms with Crippen LogP contribution in [0.5, 0.6) is 0 Å². The monoisotopic (exact) mass is 288 g/mol. The zero-order valence-electron chi connectivity index (χ0n) is 8.51. The summed E-state index contributed by atoms with van der Waals surface area (Å²) in [5, 5.41) is 4.65. The first-order valence-corrected chi connectivity index (χ1v) is 5.28. The van der Waals surface area contributed by atoms with Gasteiger partial charge in [-0.2, -0.15) is 0 Å². The molecule has 1 aromatic rings. The Morgan fingerprint density at radius 3 is 2.75 bits per heavy atom. The fraction of sp³-hybridized carbons (Fsp3) is 0.200. The Morgan fingerprint density at radius 2 is 2.12 bits per heavy atom. The summed E-state index contributed by atoms with van der Waals surface area (Å²) in [6.07, 6.45) is 0. The summed E-state index contributed by atoms with van der Waals surface area (Å²) in [4.78, 5) is 22.4. The van der Waals surface area contributed by atoms with Gasteiger partial charge in [-0.05, 0) is 28.1 Å². The molecular formula is C10H10BrFN2O2. The molecule has 0 bridgehead atoms. The van der Waals surface area contributed by atoms with Gasteiger partial charge in [-0.1, -0.05) is 6.07 Å². The van der Waals surface area contributed by atoms with E-state index >= 15 is 0 Å². The minimum Gasteiger partial charge on any atom is -0.358 e. The Labute approximate surface area is 100 Å². The summed E-state index contributed by atoms with van der Waals surface area (Å²) in [6, 6.07) is 4.38. The maximum atomic E-state index is 13.5. The van der Waals surface area contributed by atoms with Crippen molar-refractivity contribution in [1.29, 1.82) is 0 Å². The Morgan fingerprint density at radius 1 is 1.44 bits per heavy atom. The van der Waals surface area contributed by atoms with E-state index in [1.54, 1.807) is 6.07 Å². The smallest absolute Gasteiger partial charge is 0.254 e. The summed E-state index contributed by atoms with van der Waals surface area (Å²) in [6.45, 7) is -0.179. The Balaban J connectivity index is 2.74. The lowest BCUT2D eigenvalue weighted by Crippen LogP contribution is -2.35. The van der Waals surface area contributed by atoms with Gasteiger partial charge < -0.3 is 10.6 Å². The molecule has 0 saturated carbocycles.